The number of alkyl halides is 1. The first kappa shape index (κ1) is 5.82. The molecule has 0 radical (unpaired) electrons. The van der Waals surface area contributed by atoms with Crippen molar-refractivity contribution in [2.75, 3.05) is 0 Å². The van der Waals surface area contributed by atoms with Gasteiger partial charge in [-0.3, -0.25) is 4.99 Å². The van der Waals surface area contributed by atoms with Crippen LogP contribution in [0.25, 0.3) is 0 Å². The summed E-state index contributed by atoms with van der Waals surface area (Å²) in [5, 5.41) is 2.95. The van der Waals surface area contributed by atoms with Crippen molar-refractivity contribution >= 4 is 21.8 Å². The minimum absolute atomic E-state index is 0.170. The molecule has 0 spiro atoms. The number of hydrogen-bond donors (Lipinski definition) is 1. The van der Waals surface area contributed by atoms with E-state index in [0.29, 0.717) is 0 Å². The standard InChI is InChI=1S/C5H7BrN2/c1-4-7-3-2-5(6)8-4/h2-3,5H,1H3,(H,7,8). The van der Waals surface area contributed by atoms with E-state index in [1.54, 1.807) is 0 Å². The molecule has 0 aliphatic carbocycles. The van der Waals surface area contributed by atoms with E-state index < -0.39 is 0 Å². The molecule has 0 amide bonds. The number of hydrogen-bond acceptors (Lipinski definition) is 2. The van der Waals surface area contributed by atoms with Crippen molar-refractivity contribution in [1.29, 1.82) is 0 Å². The van der Waals surface area contributed by atoms with Crippen LogP contribution in [0.1, 0.15) is 6.92 Å². The zero-order valence-electron chi connectivity index (χ0n) is 4.56. The normalized spacial score (nSPS) is 26.8. The van der Waals surface area contributed by atoms with Crippen LogP contribution in [0, 0.1) is 0 Å². The predicted molar refractivity (Wildman–Crippen MR) is 38.1 cm³/mol. The van der Waals surface area contributed by atoms with E-state index in [-0.39, 0.29) is 4.95 Å². The predicted octanol–water partition coefficient (Wildman–Crippen LogP) is 1.24. The fraction of sp³-hybridized carbons (Fsp3) is 0.400. The lowest BCUT2D eigenvalue weighted by molar-refractivity contribution is 1.06. The van der Waals surface area contributed by atoms with E-state index in [1.165, 1.54) is 0 Å². The van der Waals surface area contributed by atoms with E-state index in [4.69, 9.17) is 0 Å². The Bertz CT molecular complexity index is 139. The van der Waals surface area contributed by atoms with Crippen molar-refractivity contribution in [2.45, 2.75) is 11.9 Å². The Morgan fingerprint density at radius 3 is 3.00 bits per heavy atom. The van der Waals surface area contributed by atoms with Crippen LogP contribution in [0.2, 0.25) is 0 Å². The van der Waals surface area contributed by atoms with Crippen molar-refractivity contribution in [2.24, 2.45) is 4.99 Å². The van der Waals surface area contributed by atoms with Gasteiger partial charge in [-0.15, -0.1) is 0 Å². The number of amidine groups is 1. The molecule has 2 nitrogen and oxygen atoms in total. The molecule has 0 saturated carbocycles. The maximum atomic E-state index is 4.12. The van der Waals surface area contributed by atoms with Gasteiger partial charge < -0.3 is 5.32 Å². The zero-order valence-corrected chi connectivity index (χ0v) is 6.14. The Morgan fingerprint density at radius 1 is 1.88 bits per heavy atom. The Balaban J connectivity index is 2.60. The van der Waals surface area contributed by atoms with Crippen LogP contribution in [0.5, 0.6) is 0 Å². The number of nitrogens with one attached hydrogen (secondary N) is 1. The quantitative estimate of drug-likeness (QED) is 0.434. The highest BCUT2D eigenvalue weighted by molar-refractivity contribution is 9.09. The zero-order chi connectivity index (χ0) is 5.98. The molecule has 44 valence electrons. The number of halogens is 1. The molecular formula is C5H7BrN2. The number of aliphatic imine (C=N–C) groups is 1. The second kappa shape index (κ2) is 2.31. The third kappa shape index (κ3) is 1.33. The Labute approximate surface area is 56.8 Å². The van der Waals surface area contributed by atoms with Crippen LogP contribution >= 0.6 is 15.9 Å². The van der Waals surface area contributed by atoms with Crippen molar-refractivity contribution in [3.63, 3.8) is 0 Å². The summed E-state index contributed by atoms with van der Waals surface area (Å²) in [4.78, 5) is 4.29. The van der Waals surface area contributed by atoms with Gasteiger partial charge in [-0.05, 0) is 13.0 Å². The molecule has 1 aliphatic heterocycles. The Morgan fingerprint density at radius 2 is 2.62 bits per heavy atom. The fourth-order valence-corrected chi connectivity index (χ4v) is 0.973. The molecule has 0 aromatic carbocycles. The van der Waals surface area contributed by atoms with E-state index in [9.17, 15) is 0 Å². The highest BCUT2D eigenvalue weighted by Gasteiger charge is 1.98. The molecule has 0 saturated heterocycles. The van der Waals surface area contributed by atoms with Gasteiger partial charge in [0.1, 0.15) is 4.95 Å². The third-order valence-corrected chi connectivity index (χ3v) is 1.37. The number of rotatable bonds is 0. The minimum atomic E-state index is 0.170. The lowest BCUT2D eigenvalue weighted by atomic mass is 10.5. The van der Waals surface area contributed by atoms with Crippen LogP contribution in [0.15, 0.2) is 17.3 Å². The Hall–Kier alpha value is -0.310. The van der Waals surface area contributed by atoms with Crippen molar-refractivity contribution in [1.82, 2.24) is 5.32 Å². The highest BCUT2D eigenvalue weighted by Crippen LogP contribution is 2.04. The summed E-state index contributed by atoms with van der Waals surface area (Å²) < 4.78 is 0. The van der Waals surface area contributed by atoms with Gasteiger partial charge >= 0.3 is 0 Å². The summed E-state index contributed by atoms with van der Waals surface area (Å²) in [5.74, 6) is 0.953. The van der Waals surface area contributed by atoms with Gasteiger partial charge in [0.05, 0.1) is 5.84 Å². The first-order valence-corrected chi connectivity index (χ1v) is 3.32. The molecular weight excluding hydrogens is 168 g/mol. The summed E-state index contributed by atoms with van der Waals surface area (Å²) in [7, 11) is 0. The van der Waals surface area contributed by atoms with E-state index in [0.717, 1.165) is 5.84 Å². The molecule has 1 rings (SSSR count). The maximum absolute atomic E-state index is 4.12. The molecule has 1 unspecified atom stereocenters. The molecule has 1 heterocycles. The maximum Gasteiger partial charge on any atom is 0.126 e. The van der Waals surface area contributed by atoms with E-state index in [2.05, 4.69) is 26.2 Å². The largest absolute Gasteiger partial charge is 0.351 e. The topological polar surface area (TPSA) is 24.4 Å². The Kier molecular flexibility index (Phi) is 1.68. The summed E-state index contributed by atoms with van der Waals surface area (Å²) in [5.41, 5.74) is 0. The van der Waals surface area contributed by atoms with Crippen LogP contribution in [-0.2, 0) is 0 Å². The van der Waals surface area contributed by atoms with Gasteiger partial charge in [-0.2, -0.15) is 0 Å². The van der Waals surface area contributed by atoms with E-state index >= 15 is 0 Å². The molecule has 0 aromatic heterocycles. The fourth-order valence-electron chi connectivity index (χ4n) is 0.513. The van der Waals surface area contributed by atoms with Crippen molar-refractivity contribution in [3.05, 3.63) is 12.3 Å². The molecule has 1 N–H and O–H groups in total. The SMILES string of the molecule is CC1=NC(Br)C=CN1. The molecule has 0 fully saturated rings. The minimum Gasteiger partial charge on any atom is -0.351 e. The van der Waals surface area contributed by atoms with Gasteiger partial charge in [-0.25, -0.2) is 0 Å². The van der Waals surface area contributed by atoms with Crippen LogP contribution in [0.4, 0.5) is 0 Å². The molecule has 3 heteroatoms. The third-order valence-electron chi connectivity index (χ3n) is 0.864. The smallest absolute Gasteiger partial charge is 0.126 e. The second-order valence-electron chi connectivity index (χ2n) is 1.59. The van der Waals surface area contributed by atoms with Crippen LogP contribution in [0.3, 0.4) is 0 Å². The van der Waals surface area contributed by atoms with Crippen molar-refractivity contribution in [3.8, 4) is 0 Å². The van der Waals surface area contributed by atoms with Gasteiger partial charge in [0.25, 0.3) is 0 Å². The molecule has 1 atom stereocenters. The first-order valence-electron chi connectivity index (χ1n) is 2.41. The van der Waals surface area contributed by atoms with Crippen molar-refractivity contribution < 1.29 is 0 Å². The average molecular weight is 175 g/mol. The summed E-state index contributed by atoms with van der Waals surface area (Å²) in [6.07, 6.45) is 3.81. The van der Waals surface area contributed by atoms with Crippen LogP contribution < -0.4 is 5.32 Å². The lowest BCUT2D eigenvalue weighted by Crippen LogP contribution is -2.18. The van der Waals surface area contributed by atoms with Crippen LogP contribution in [-0.4, -0.2) is 10.8 Å². The molecule has 0 aromatic rings. The van der Waals surface area contributed by atoms with E-state index in [1.807, 2.05) is 19.2 Å². The summed E-state index contributed by atoms with van der Waals surface area (Å²) >= 11 is 3.31. The highest BCUT2D eigenvalue weighted by atomic mass is 79.9. The van der Waals surface area contributed by atoms with Gasteiger partial charge in [0, 0.05) is 6.20 Å². The molecule has 1 aliphatic rings. The molecule has 0 bridgehead atoms. The monoisotopic (exact) mass is 174 g/mol. The van der Waals surface area contributed by atoms with Gasteiger partial charge in [0.15, 0.2) is 0 Å². The molecule has 8 heavy (non-hydrogen) atoms. The number of nitrogens with zero attached hydrogens (tertiary/aromatic N) is 1. The second-order valence-corrected chi connectivity index (χ2v) is 2.53. The van der Waals surface area contributed by atoms with Gasteiger partial charge in [0.2, 0.25) is 0 Å². The average Bonchev–Trinajstić information content (AvgIpc) is 1.64. The lowest BCUT2D eigenvalue weighted by Gasteiger charge is -2.07. The summed E-state index contributed by atoms with van der Waals surface area (Å²) in [6.45, 7) is 1.93. The first-order chi connectivity index (χ1) is 3.79. The van der Waals surface area contributed by atoms with Gasteiger partial charge in [-0.1, -0.05) is 15.9 Å². The summed E-state index contributed by atoms with van der Waals surface area (Å²) in [6, 6.07) is 0.